The fourth-order valence-corrected chi connectivity index (χ4v) is 2.10. The Labute approximate surface area is 95.7 Å². The van der Waals surface area contributed by atoms with Gasteiger partial charge in [-0.15, -0.1) is 0 Å². The number of carbonyl (C=O) groups is 1. The number of rotatable bonds is 3. The minimum atomic E-state index is 0.187. The van der Waals surface area contributed by atoms with Gasteiger partial charge in [-0.05, 0) is 18.1 Å². The Bertz CT molecular complexity index is 389. The number of ketones is 1. The third-order valence-corrected chi connectivity index (χ3v) is 3.00. The second-order valence-corrected chi connectivity index (χ2v) is 4.42. The molecule has 3 heteroatoms. The second-order valence-electron chi connectivity index (χ2n) is 4.42. The van der Waals surface area contributed by atoms with Crippen LogP contribution in [-0.4, -0.2) is 30.6 Å². The lowest BCUT2D eigenvalue weighted by Crippen LogP contribution is -2.36. The summed E-state index contributed by atoms with van der Waals surface area (Å²) in [5.41, 5.74) is 1.83. The Kier molecular flexibility index (Phi) is 3.25. The van der Waals surface area contributed by atoms with Gasteiger partial charge in [-0.25, -0.2) is 0 Å². The molecule has 1 N–H and O–H groups in total. The Balaban J connectivity index is 2.24. The van der Waals surface area contributed by atoms with E-state index in [1.54, 1.807) is 0 Å². The van der Waals surface area contributed by atoms with Crippen molar-refractivity contribution in [2.45, 2.75) is 13.3 Å². The fraction of sp³-hybridized carbons (Fsp3) is 0.462. The van der Waals surface area contributed by atoms with Crippen LogP contribution in [-0.2, 0) is 0 Å². The van der Waals surface area contributed by atoms with Gasteiger partial charge in [0.25, 0.3) is 0 Å². The molecule has 1 unspecified atom stereocenters. The first-order valence-corrected chi connectivity index (χ1v) is 5.70. The molecule has 3 nitrogen and oxygen atoms in total. The molecule has 86 valence electrons. The topological polar surface area (TPSA) is 40.5 Å². The number of carbonyl (C=O) groups excluding carboxylic acids is 1. The van der Waals surface area contributed by atoms with Crippen LogP contribution in [0.3, 0.4) is 0 Å². The number of benzene rings is 1. The summed E-state index contributed by atoms with van der Waals surface area (Å²) in [6.45, 7) is 3.77. The molecule has 1 aromatic carbocycles. The predicted octanol–water partition coefficient (Wildman–Crippen LogP) is 1.71. The molecule has 0 radical (unpaired) electrons. The Hall–Kier alpha value is -1.35. The van der Waals surface area contributed by atoms with Gasteiger partial charge in [-0.2, -0.15) is 0 Å². The number of hydrogen-bond acceptors (Lipinski definition) is 3. The zero-order valence-corrected chi connectivity index (χ0v) is 9.52. The van der Waals surface area contributed by atoms with E-state index in [0.29, 0.717) is 6.42 Å². The number of aliphatic hydroxyl groups excluding tert-OH is 1. The van der Waals surface area contributed by atoms with Crippen LogP contribution >= 0.6 is 0 Å². The lowest BCUT2D eigenvalue weighted by Gasteiger charge is -2.32. The Morgan fingerprint density at radius 2 is 2.19 bits per heavy atom. The third kappa shape index (κ3) is 2.09. The molecule has 0 aliphatic carbocycles. The van der Waals surface area contributed by atoms with Crippen molar-refractivity contribution in [1.29, 1.82) is 0 Å². The van der Waals surface area contributed by atoms with Crippen LogP contribution in [0.25, 0.3) is 0 Å². The first-order valence-electron chi connectivity index (χ1n) is 5.70. The van der Waals surface area contributed by atoms with Gasteiger partial charge < -0.3 is 10.0 Å². The summed E-state index contributed by atoms with van der Waals surface area (Å²) in [5, 5.41) is 9.07. The molecule has 0 aromatic heterocycles. The van der Waals surface area contributed by atoms with Crippen molar-refractivity contribution in [1.82, 2.24) is 0 Å². The molecule has 1 aromatic rings. The summed E-state index contributed by atoms with van der Waals surface area (Å²) >= 11 is 0. The third-order valence-electron chi connectivity index (χ3n) is 3.00. The first kappa shape index (κ1) is 11.1. The number of anilines is 1. The number of aliphatic hydroxyl groups is 1. The van der Waals surface area contributed by atoms with E-state index in [-0.39, 0.29) is 18.3 Å². The second kappa shape index (κ2) is 4.66. The fourth-order valence-electron chi connectivity index (χ4n) is 2.10. The maximum absolute atomic E-state index is 11.7. The van der Waals surface area contributed by atoms with Crippen LogP contribution in [0, 0.1) is 5.92 Å². The monoisotopic (exact) mass is 219 g/mol. The minimum absolute atomic E-state index is 0.187. The number of fused-ring (bicyclic) bond motifs is 1. The molecule has 16 heavy (non-hydrogen) atoms. The molecule has 1 aliphatic rings. The highest BCUT2D eigenvalue weighted by atomic mass is 16.3. The van der Waals surface area contributed by atoms with Crippen molar-refractivity contribution in [3.8, 4) is 0 Å². The lowest BCUT2D eigenvalue weighted by molar-refractivity contribution is 0.0979. The number of Topliss-reactive ketones (excluding diaryl/α,β-unsaturated/α-hetero) is 1. The summed E-state index contributed by atoms with van der Waals surface area (Å²) in [5.74, 6) is 0.463. The minimum Gasteiger partial charge on any atom is -0.396 e. The van der Waals surface area contributed by atoms with Crippen LogP contribution in [0.1, 0.15) is 23.7 Å². The van der Waals surface area contributed by atoms with Crippen molar-refractivity contribution in [3.05, 3.63) is 29.8 Å². The van der Waals surface area contributed by atoms with Gasteiger partial charge in [0.2, 0.25) is 0 Å². The molecular weight excluding hydrogens is 202 g/mol. The Morgan fingerprint density at radius 1 is 1.44 bits per heavy atom. The van der Waals surface area contributed by atoms with Crippen LogP contribution in [0.4, 0.5) is 5.69 Å². The summed E-state index contributed by atoms with van der Waals surface area (Å²) in [7, 11) is 0. The van der Waals surface area contributed by atoms with E-state index in [1.165, 1.54) is 0 Å². The molecule has 0 spiro atoms. The molecule has 1 heterocycles. The van der Waals surface area contributed by atoms with Crippen molar-refractivity contribution >= 4 is 11.5 Å². The molecule has 0 saturated heterocycles. The average Bonchev–Trinajstić information content (AvgIpc) is 2.33. The van der Waals surface area contributed by atoms with Gasteiger partial charge in [0, 0.05) is 37.4 Å². The van der Waals surface area contributed by atoms with Crippen molar-refractivity contribution in [3.63, 3.8) is 0 Å². The zero-order valence-electron chi connectivity index (χ0n) is 9.52. The van der Waals surface area contributed by atoms with Gasteiger partial charge in [0.05, 0.1) is 0 Å². The van der Waals surface area contributed by atoms with E-state index in [9.17, 15) is 4.79 Å². The lowest BCUT2D eigenvalue weighted by atomic mass is 9.99. The van der Waals surface area contributed by atoms with Crippen LogP contribution < -0.4 is 4.90 Å². The largest absolute Gasteiger partial charge is 0.396 e. The normalized spacial score (nSPS) is 17.1. The highest BCUT2D eigenvalue weighted by Gasteiger charge is 2.23. The summed E-state index contributed by atoms with van der Waals surface area (Å²) in [4.78, 5) is 13.9. The molecule has 0 bridgehead atoms. The van der Waals surface area contributed by atoms with Gasteiger partial charge in [0.15, 0.2) is 5.78 Å². The zero-order chi connectivity index (χ0) is 11.5. The Morgan fingerprint density at radius 3 is 2.94 bits per heavy atom. The molecule has 2 rings (SSSR count). The van der Waals surface area contributed by atoms with Gasteiger partial charge in [-0.1, -0.05) is 19.1 Å². The highest BCUT2D eigenvalue weighted by Crippen LogP contribution is 2.27. The highest BCUT2D eigenvalue weighted by molar-refractivity contribution is 6.03. The predicted molar refractivity (Wildman–Crippen MR) is 63.9 cm³/mol. The van der Waals surface area contributed by atoms with E-state index in [4.69, 9.17) is 5.11 Å². The van der Waals surface area contributed by atoms with Crippen molar-refractivity contribution < 1.29 is 9.90 Å². The van der Waals surface area contributed by atoms with Gasteiger partial charge in [0.1, 0.15) is 0 Å². The number of nitrogens with zero attached hydrogens (tertiary/aromatic N) is 1. The summed E-state index contributed by atoms with van der Waals surface area (Å²) < 4.78 is 0. The molecule has 0 saturated carbocycles. The first-order chi connectivity index (χ1) is 7.72. The number of hydrogen-bond donors (Lipinski definition) is 1. The van der Waals surface area contributed by atoms with E-state index >= 15 is 0 Å². The number of para-hydroxylation sites is 1. The van der Waals surface area contributed by atoms with Crippen LogP contribution in [0.5, 0.6) is 0 Å². The van der Waals surface area contributed by atoms with Crippen LogP contribution in [0.15, 0.2) is 24.3 Å². The standard InChI is InChI=1S/C13H17NO2/c1-10(9-15)8-14-7-6-13(16)11-4-2-3-5-12(11)14/h2-5,10,15H,6-9H2,1H3. The molecule has 1 aliphatic heterocycles. The molecule has 1 atom stereocenters. The van der Waals surface area contributed by atoms with E-state index < -0.39 is 0 Å². The smallest absolute Gasteiger partial charge is 0.166 e. The summed E-state index contributed by atoms with van der Waals surface area (Å²) in [6, 6.07) is 7.72. The quantitative estimate of drug-likeness (QED) is 0.841. The average molecular weight is 219 g/mol. The molecule has 0 fully saturated rings. The summed E-state index contributed by atoms with van der Waals surface area (Å²) in [6.07, 6.45) is 0.579. The maximum atomic E-state index is 11.7. The SMILES string of the molecule is CC(CO)CN1CCC(=O)c2ccccc21. The molecular formula is C13H17NO2. The van der Waals surface area contributed by atoms with Crippen molar-refractivity contribution in [2.24, 2.45) is 5.92 Å². The van der Waals surface area contributed by atoms with Gasteiger partial charge in [-0.3, -0.25) is 4.79 Å². The maximum Gasteiger partial charge on any atom is 0.166 e. The van der Waals surface area contributed by atoms with E-state index in [0.717, 1.165) is 24.3 Å². The molecule has 0 amide bonds. The van der Waals surface area contributed by atoms with Crippen LogP contribution in [0.2, 0.25) is 0 Å². The van der Waals surface area contributed by atoms with E-state index in [2.05, 4.69) is 4.90 Å². The van der Waals surface area contributed by atoms with Gasteiger partial charge >= 0.3 is 0 Å². The van der Waals surface area contributed by atoms with Crippen molar-refractivity contribution in [2.75, 3.05) is 24.6 Å². The van der Waals surface area contributed by atoms with E-state index in [1.807, 2.05) is 31.2 Å².